The second kappa shape index (κ2) is 7.07. The van der Waals surface area contributed by atoms with Gasteiger partial charge in [0.05, 0.1) is 6.61 Å². The largest absolute Gasteiger partial charge is 0.392 e. The monoisotopic (exact) mass is 276 g/mol. The number of aliphatic hydroxyl groups excluding tert-OH is 1. The van der Waals surface area contributed by atoms with Crippen LogP contribution < -0.4 is 4.90 Å². The van der Waals surface area contributed by atoms with Gasteiger partial charge in [0.2, 0.25) is 0 Å². The van der Waals surface area contributed by atoms with Crippen LogP contribution in [-0.2, 0) is 13.0 Å². The van der Waals surface area contributed by atoms with Crippen LogP contribution >= 0.6 is 0 Å². The van der Waals surface area contributed by atoms with Crippen molar-refractivity contribution in [2.24, 2.45) is 5.92 Å². The summed E-state index contributed by atoms with van der Waals surface area (Å²) in [7, 11) is 2.15. The number of hydrogen-bond acceptors (Lipinski definition) is 3. The van der Waals surface area contributed by atoms with E-state index in [9.17, 15) is 5.11 Å². The molecule has 1 saturated carbocycles. The molecule has 1 heterocycles. The van der Waals surface area contributed by atoms with E-state index in [-0.39, 0.29) is 6.61 Å². The normalized spacial score (nSPS) is 22.8. The summed E-state index contributed by atoms with van der Waals surface area (Å²) in [4.78, 5) is 7.05. The Balaban J connectivity index is 2.10. The molecule has 0 atom stereocenters. The Labute approximate surface area is 123 Å². The molecule has 3 heteroatoms. The van der Waals surface area contributed by atoms with Crippen molar-refractivity contribution < 1.29 is 5.11 Å². The number of aliphatic hydroxyl groups is 1. The second-order valence-electron chi connectivity index (χ2n) is 6.03. The lowest BCUT2D eigenvalue weighted by atomic mass is 9.84. The average molecular weight is 276 g/mol. The molecular weight excluding hydrogens is 248 g/mol. The summed E-state index contributed by atoms with van der Waals surface area (Å²) in [6.45, 7) is 4.51. The van der Waals surface area contributed by atoms with E-state index < -0.39 is 0 Å². The first kappa shape index (κ1) is 15.3. The molecule has 1 N–H and O–H groups in total. The molecular formula is C17H28N2O. The van der Waals surface area contributed by atoms with Crippen LogP contribution in [0.5, 0.6) is 0 Å². The second-order valence-corrected chi connectivity index (χ2v) is 6.03. The van der Waals surface area contributed by atoms with Crippen LogP contribution in [0.3, 0.4) is 0 Å². The van der Waals surface area contributed by atoms with Gasteiger partial charge >= 0.3 is 0 Å². The SMILES string of the molecule is CCc1cc(CO)cc(N(C)C2CCC(CC)CC2)n1. The Morgan fingerprint density at radius 2 is 1.90 bits per heavy atom. The van der Waals surface area contributed by atoms with Gasteiger partial charge in [-0.2, -0.15) is 0 Å². The lowest BCUT2D eigenvalue weighted by molar-refractivity contribution is 0.281. The van der Waals surface area contributed by atoms with Gasteiger partial charge in [0, 0.05) is 18.8 Å². The molecule has 2 rings (SSSR count). The summed E-state index contributed by atoms with van der Waals surface area (Å²) >= 11 is 0. The standard InChI is InChI=1S/C17H28N2O/c1-4-13-6-8-16(9-7-13)19(3)17-11-14(12-20)10-15(5-2)18-17/h10-11,13,16,20H,4-9,12H2,1-3H3. The van der Waals surface area contributed by atoms with Gasteiger partial charge < -0.3 is 10.0 Å². The smallest absolute Gasteiger partial charge is 0.129 e. The summed E-state index contributed by atoms with van der Waals surface area (Å²) < 4.78 is 0. The molecule has 0 aliphatic heterocycles. The molecule has 112 valence electrons. The highest BCUT2D eigenvalue weighted by molar-refractivity contribution is 5.43. The van der Waals surface area contributed by atoms with E-state index in [4.69, 9.17) is 4.98 Å². The van der Waals surface area contributed by atoms with Crippen molar-refractivity contribution in [2.45, 2.75) is 65.0 Å². The van der Waals surface area contributed by atoms with Crippen molar-refractivity contribution in [2.75, 3.05) is 11.9 Å². The van der Waals surface area contributed by atoms with Crippen molar-refractivity contribution >= 4 is 5.82 Å². The third-order valence-electron chi connectivity index (χ3n) is 4.77. The number of aryl methyl sites for hydroxylation is 1. The maximum absolute atomic E-state index is 9.39. The van der Waals surface area contributed by atoms with E-state index in [0.717, 1.165) is 29.4 Å². The number of pyridine rings is 1. The predicted octanol–water partition coefficient (Wildman–Crippen LogP) is 3.54. The van der Waals surface area contributed by atoms with E-state index >= 15 is 0 Å². The van der Waals surface area contributed by atoms with Crippen molar-refractivity contribution in [1.29, 1.82) is 0 Å². The summed E-state index contributed by atoms with van der Waals surface area (Å²) in [6, 6.07) is 4.64. The van der Waals surface area contributed by atoms with Gasteiger partial charge in [-0.05, 0) is 55.7 Å². The quantitative estimate of drug-likeness (QED) is 0.893. The van der Waals surface area contributed by atoms with E-state index in [1.807, 2.05) is 12.1 Å². The number of nitrogens with zero attached hydrogens (tertiary/aromatic N) is 2. The topological polar surface area (TPSA) is 36.4 Å². The molecule has 0 saturated heterocycles. The Kier molecular flexibility index (Phi) is 5.41. The van der Waals surface area contributed by atoms with Crippen molar-refractivity contribution in [3.63, 3.8) is 0 Å². The maximum atomic E-state index is 9.39. The van der Waals surface area contributed by atoms with Crippen LogP contribution in [0.1, 0.15) is 57.2 Å². The summed E-state index contributed by atoms with van der Waals surface area (Å²) in [5.74, 6) is 1.94. The van der Waals surface area contributed by atoms with Crippen LogP contribution in [0.2, 0.25) is 0 Å². The highest BCUT2D eigenvalue weighted by atomic mass is 16.3. The molecule has 0 amide bonds. The molecule has 3 nitrogen and oxygen atoms in total. The van der Waals surface area contributed by atoms with Gasteiger partial charge in [-0.3, -0.25) is 0 Å². The average Bonchev–Trinajstić information content (AvgIpc) is 2.53. The van der Waals surface area contributed by atoms with Gasteiger partial charge in [0.15, 0.2) is 0 Å². The van der Waals surface area contributed by atoms with E-state index in [0.29, 0.717) is 6.04 Å². The van der Waals surface area contributed by atoms with E-state index in [2.05, 4.69) is 25.8 Å². The number of rotatable bonds is 5. The molecule has 1 aromatic rings. The zero-order chi connectivity index (χ0) is 14.5. The first-order chi connectivity index (χ1) is 9.67. The van der Waals surface area contributed by atoms with Gasteiger partial charge in [-0.1, -0.05) is 20.3 Å². The van der Waals surface area contributed by atoms with Gasteiger partial charge in [-0.25, -0.2) is 4.98 Å². The van der Waals surface area contributed by atoms with Gasteiger partial charge in [0.25, 0.3) is 0 Å². The highest BCUT2D eigenvalue weighted by Crippen LogP contribution is 2.31. The molecule has 0 radical (unpaired) electrons. The summed E-state index contributed by atoms with van der Waals surface area (Å²) in [5, 5.41) is 9.39. The zero-order valence-corrected chi connectivity index (χ0v) is 13.1. The minimum absolute atomic E-state index is 0.0962. The van der Waals surface area contributed by atoms with Crippen LogP contribution in [-0.4, -0.2) is 23.2 Å². The minimum atomic E-state index is 0.0962. The lowest BCUT2D eigenvalue weighted by Crippen LogP contribution is -2.35. The Hall–Kier alpha value is -1.09. The summed E-state index contributed by atoms with van der Waals surface area (Å²) in [5.41, 5.74) is 2.04. The molecule has 1 fully saturated rings. The van der Waals surface area contributed by atoms with Crippen LogP contribution in [0.4, 0.5) is 5.82 Å². The zero-order valence-electron chi connectivity index (χ0n) is 13.1. The lowest BCUT2D eigenvalue weighted by Gasteiger charge is -2.35. The maximum Gasteiger partial charge on any atom is 0.129 e. The molecule has 0 spiro atoms. The number of hydrogen-bond donors (Lipinski definition) is 1. The Morgan fingerprint density at radius 3 is 2.45 bits per heavy atom. The van der Waals surface area contributed by atoms with Crippen LogP contribution in [0.25, 0.3) is 0 Å². The molecule has 0 bridgehead atoms. The predicted molar refractivity (Wildman–Crippen MR) is 84.0 cm³/mol. The molecule has 20 heavy (non-hydrogen) atoms. The van der Waals surface area contributed by atoms with Crippen molar-refractivity contribution in [1.82, 2.24) is 4.98 Å². The fraction of sp³-hybridized carbons (Fsp3) is 0.706. The van der Waals surface area contributed by atoms with Crippen molar-refractivity contribution in [3.8, 4) is 0 Å². The first-order valence-electron chi connectivity index (χ1n) is 8.01. The Morgan fingerprint density at radius 1 is 1.20 bits per heavy atom. The third-order valence-corrected chi connectivity index (χ3v) is 4.77. The molecule has 1 aliphatic rings. The molecule has 1 aromatic heterocycles. The van der Waals surface area contributed by atoms with Crippen LogP contribution in [0, 0.1) is 5.92 Å². The fourth-order valence-electron chi connectivity index (χ4n) is 3.21. The fourth-order valence-corrected chi connectivity index (χ4v) is 3.21. The Bertz CT molecular complexity index is 403. The first-order valence-corrected chi connectivity index (χ1v) is 8.01. The molecule has 1 aliphatic carbocycles. The van der Waals surface area contributed by atoms with Gasteiger partial charge in [0.1, 0.15) is 5.82 Å². The van der Waals surface area contributed by atoms with E-state index in [1.54, 1.807) is 0 Å². The van der Waals surface area contributed by atoms with E-state index in [1.165, 1.54) is 32.1 Å². The molecule has 0 aromatic carbocycles. The third kappa shape index (κ3) is 3.51. The van der Waals surface area contributed by atoms with Crippen molar-refractivity contribution in [3.05, 3.63) is 23.4 Å². The number of anilines is 1. The van der Waals surface area contributed by atoms with Gasteiger partial charge in [-0.15, -0.1) is 0 Å². The summed E-state index contributed by atoms with van der Waals surface area (Å²) in [6.07, 6.45) is 7.44. The van der Waals surface area contributed by atoms with Crippen LogP contribution in [0.15, 0.2) is 12.1 Å². The highest BCUT2D eigenvalue weighted by Gasteiger charge is 2.24. The minimum Gasteiger partial charge on any atom is -0.392 e. The number of aromatic nitrogens is 1. The molecule has 0 unspecified atom stereocenters.